The summed E-state index contributed by atoms with van der Waals surface area (Å²) >= 11 is 0. The first kappa shape index (κ1) is 20.2. The molecule has 2 unspecified atom stereocenters. The number of aliphatic hydroxyl groups is 3. The Bertz CT molecular complexity index is 591. The van der Waals surface area contributed by atoms with Gasteiger partial charge in [0, 0.05) is 37.6 Å². The van der Waals surface area contributed by atoms with E-state index >= 15 is 0 Å². The summed E-state index contributed by atoms with van der Waals surface area (Å²) in [6, 6.07) is 14.1. The number of aliphatic hydroxyl groups excluding tert-OH is 3. The number of hydrogen-bond acceptors (Lipinski definition) is 7. The maximum Gasteiger partial charge on any atom is 0.0914 e. The summed E-state index contributed by atoms with van der Waals surface area (Å²) in [6.07, 6.45) is -1.96. The van der Waals surface area contributed by atoms with E-state index in [0.29, 0.717) is 37.6 Å². The smallest absolute Gasteiger partial charge is 0.0914 e. The van der Waals surface area contributed by atoms with Crippen LogP contribution in [0.2, 0.25) is 0 Å². The highest BCUT2D eigenvalue weighted by Crippen LogP contribution is 2.14. The number of nitrogens with two attached hydrogens (primary N) is 2. The Labute approximate surface area is 153 Å². The van der Waals surface area contributed by atoms with Gasteiger partial charge >= 0.3 is 0 Å². The van der Waals surface area contributed by atoms with E-state index in [2.05, 4.69) is 10.6 Å². The molecule has 0 amide bonds. The fourth-order valence-corrected chi connectivity index (χ4v) is 2.52. The minimum atomic E-state index is -0.664. The fourth-order valence-electron chi connectivity index (χ4n) is 2.52. The Kier molecular flexibility index (Phi) is 7.83. The maximum atomic E-state index is 10.1. The summed E-state index contributed by atoms with van der Waals surface area (Å²) in [5.74, 6) is 0. The Morgan fingerprint density at radius 3 is 1.31 bits per heavy atom. The molecule has 0 radical (unpaired) electrons. The first-order valence-corrected chi connectivity index (χ1v) is 8.62. The Morgan fingerprint density at radius 1 is 0.615 bits per heavy atom. The van der Waals surface area contributed by atoms with Crippen molar-refractivity contribution in [2.24, 2.45) is 0 Å². The molecule has 7 nitrogen and oxygen atoms in total. The number of rotatable bonds is 10. The van der Waals surface area contributed by atoms with Gasteiger partial charge in [-0.25, -0.2) is 0 Å². The first-order valence-electron chi connectivity index (χ1n) is 8.62. The van der Waals surface area contributed by atoms with Gasteiger partial charge in [-0.1, -0.05) is 24.3 Å². The molecule has 0 saturated heterocycles. The SMILES string of the molecule is Nc1ccc(C(O)CNCC(O)CNCC(O)c2ccc(N)cc2)cc1. The lowest BCUT2D eigenvalue weighted by molar-refractivity contribution is 0.134. The molecule has 9 N–H and O–H groups in total. The molecule has 0 fully saturated rings. The number of hydrogen-bond donors (Lipinski definition) is 7. The number of nitrogen functional groups attached to an aromatic ring is 2. The van der Waals surface area contributed by atoms with Gasteiger partial charge in [-0.05, 0) is 35.4 Å². The minimum absolute atomic E-state index is 0.328. The maximum absolute atomic E-state index is 10.1. The van der Waals surface area contributed by atoms with E-state index in [1.807, 2.05) is 0 Å². The highest BCUT2D eigenvalue weighted by molar-refractivity contribution is 5.40. The average Bonchev–Trinajstić information content (AvgIpc) is 2.62. The first-order chi connectivity index (χ1) is 12.5. The van der Waals surface area contributed by atoms with E-state index in [1.165, 1.54) is 0 Å². The standard InChI is InChI=1S/C19H28N4O3/c20-15-5-1-13(2-6-15)18(25)11-22-9-17(24)10-23-12-19(26)14-3-7-16(21)8-4-14/h1-8,17-19,22-26H,9-12,20-21H2. The molecule has 2 rings (SSSR count). The quantitative estimate of drug-likeness (QED) is 0.300. The van der Waals surface area contributed by atoms with Crippen molar-refractivity contribution in [3.05, 3.63) is 59.7 Å². The summed E-state index contributed by atoms with van der Waals surface area (Å²) in [4.78, 5) is 0. The summed E-state index contributed by atoms with van der Waals surface area (Å²) in [7, 11) is 0. The van der Waals surface area contributed by atoms with Gasteiger partial charge in [0.25, 0.3) is 0 Å². The van der Waals surface area contributed by atoms with Crippen molar-refractivity contribution in [3.63, 3.8) is 0 Å². The second-order valence-electron chi connectivity index (χ2n) is 6.34. The van der Waals surface area contributed by atoms with Crippen LogP contribution < -0.4 is 22.1 Å². The van der Waals surface area contributed by atoms with Gasteiger partial charge in [-0.3, -0.25) is 0 Å². The zero-order chi connectivity index (χ0) is 18.9. The fraction of sp³-hybridized carbons (Fsp3) is 0.368. The summed E-state index contributed by atoms with van der Waals surface area (Å²) < 4.78 is 0. The minimum Gasteiger partial charge on any atom is -0.399 e. The van der Waals surface area contributed by atoms with Crippen molar-refractivity contribution >= 4 is 11.4 Å². The van der Waals surface area contributed by atoms with Gasteiger partial charge in [0.2, 0.25) is 0 Å². The normalized spacial score (nSPS) is 14.7. The van der Waals surface area contributed by atoms with Crippen LogP contribution in [0.5, 0.6) is 0 Å². The summed E-state index contributed by atoms with van der Waals surface area (Å²) in [5, 5.41) is 36.2. The molecule has 7 heteroatoms. The highest BCUT2D eigenvalue weighted by Gasteiger charge is 2.11. The number of anilines is 2. The molecule has 0 heterocycles. The van der Waals surface area contributed by atoms with E-state index in [0.717, 1.165) is 11.1 Å². The predicted octanol–water partition coefficient (Wildman–Crippen LogP) is 0.158. The van der Waals surface area contributed by atoms with Gasteiger partial charge < -0.3 is 37.4 Å². The van der Waals surface area contributed by atoms with Crippen LogP contribution in [0, 0.1) is 0 Å². The van der Waals surface area contributed by atoms with Gasteiger partial charge in [0.15, 0.2) is 0 Å². The van der Waals surface area contributed by atoms with Crippen LogP contribution in [-0.4, -0.2) is 47.6 Å². The molecule has 142 valence electrons. The molecule has 0 bridgehead atoms. The van der Waals surface area contributed by atoms with Crippen LogP contribution in [0.15, 0.2) is 48.5 Å². The molecule has 2 aromatic carbocycles. The van der Waals surface area contributed by atoms with Gasteiger partial charge in [-0.15, -0.1) is 0 Å². The van der Waals surface area contributed by atoms with E-state index in [9.17, 15) is 15.3 Å². The monoisotopic (exact) mass is 360 g/mol. The molecule has 26 heavy (non-hydrogen) atoms. The van der Waals surface area contributed by atoms with E-state index in [-0.39, 0.29) is 0 Å². The van der Waals surface area contributed by atoms with E-state index in [1.54, 1.807) is 48.5 Å². The van der Waals surface area contributed by atoms with Crippen molar-refractivity contribution < 1.29 is 15.3 Å². The van der Waals surface area contributed by atoms with Gasteiger partial charge in [0.1, 0.15) is 0 Å². The summed E-state index contributed by atoms with van der Waals surface area (Å²) in [5.41, 5.74) is 14.1. The molecule has 2 atom stereocenters. The zero-order valence-electron chi connectivity index (χ0n) is 14.7. The van der Waals surface area contributed by atoms with Crippen LogP contribution in [0.1, 0.15) is 23.3 Å². The molecule has 0 aromatic heterocycles. The van der Waals surface area contributed by atoms with E-state index in [4.69, 9.17) is 11.5 Å². The molecule has 0 aliphatic carbocycles. The third-order valence-corrected chi connectivity index (χ3v) is 4.08. The molecular formula is C19H28N4O3. The zero-order valence-corrected chi connectivity index (χ0v) is 14.7. The van der Waals surface area contributed by atoms with Crippen LogP contribution in [-0.2, 0) is 0 Å². The topological polar surface area (TPSA) is 137 Å². The highest BCUT2D eigenvalue weighted by atomic mass is 16.3. The number of nitrogens with one attached hydrogen (secondary N) is 2. The van der Waals surface area contributed by atoms with Crippen molar-refractivity contribution in [3.8, 4) is 0 Å². The van der Waals surface area contributed by atoms with Crippen LogP contribution >= 0.6 is 0 Å². The lowest BCUT2D eigenvalue weighted by Crippen LogP contribution is -2.38. The van der Waals surface area contributed by atoms with Crippen molar-refractivity contribution in [1.82, 2.24) is 10.6 Å². The average molecular weight is 360 g/mol. The van der Waals surface area contributed by atoms with Crippen LogP contribution in [0.25, 0.3) is 0 Å². The molecule has 0 aliphatic heterocycles. The Hall–Kier alpha value is -2.16. The lowest BCUT2D eigenvalue weighted by atomic mass is 10.1. The molecule has 0 saturated carbocycles. The second-order valence-corrected chi connectivity index (χ2v) is 6.34. The third kappa shape index (κ3) is 6.62. The second kappa shape index (κ2) is 10.1. The largest absolute Gasteiger partial charge is 0.399 e. The third-order valence-electron chi connectivity index (χ3n) is 4.08. The molecular weight excluding hydrogens is 332 g/mol. The molecule has 0 aliphatic rings. The summed E-state index contributed by atoms with van der Waals surface area (Å²) in [6.45, 7) is 1.32. The lowest BCUT2D eigenvalue weighted by Gasteiger charge is -2.17. The van der Waals surface area contributed by atoms with Gasteiger partial charge in [0.05, 0.1) is 18.3 Å². The van der Waals surface area contributed by atoms with Crippen LogP contribution in [0.3, 0.4) is 0 Å². The van der Waals surface area contributed by atoms with Crippen molar-refractivity contribution in [1.29, 1.82) is 0 Å². The molecule has 2 aromatic rings. The number of benzene rings is 2. The van der Waals surface area contributed by atoms with Crippen LogP contribution in [0.4, 0.5) is 11.4 Å². The Balaban J connectivity index is 1.62. The predicted molar refractivity (Wildman–Crippen MR) is 103 cm³/mol. The van der Waals surface area contributed by atoms with Crippen molar-refractivity contribution in [2.75, 3.05) is 37.6 Å². The Morgan fingerprint density at radius 2 is 0.962 bits per heavy atom. The van der Waals surface area contributed by atoms with Crippen molar-refractivity contribution in [2.45, 2.75) is 18.3 Å². The molecule has 0 spiro atoms. The van der Waals surface area contributed by atoms with Gasteiger partial charge in [-0.2, -0.15) is 0 Å². The van der Waals surface area contributed by atoms with E-state index < -0.39 is 18.3 Å².